The molecule has 0 amide bonds. The second-order valence-electron chi connectivity index (χ2n) is 4.57. The molecular formula is C16H23NO3S. The van der Waals surface area contributed by atoms with Crippen LogP contribution in [0.3, 0.4) is 0 Å². The number of hydrogen-bond donors (Lipinski definition) is 1. The number of fused-ring (bicyclic) bond motifs is 1. The first-order valence-corrected chi connectivity index (χ1v) is 8.55. The van der Waals surface area contributed by atoms with E-state index in [1.165, 1.54) is 25.7 Å². The average molecular weight is 309 g/mol. The van der Waals surface area contributed by atoms with Crippen LogP contribution in [0.25, 0.3) is 10.8 Å². The van der Waals surface area contributed by atoms with E-state index in [-0.39, 0.29) is 4.90 Å². The fourth-order valence-corrected chi connectivity index (χ4v) is 2.81. The Bertz CT molecular complexity index is 653. The van der Waals surface area contributed by atoms with Crippen molar-refractivity contribution in [2.24, 2.45) is 0 Å². The molecule has 21 heavy (non-hydrogen) atoms. The number of hydrogen-bond acceptors (Lipinski definition) is 3. The summed E-state index contributed by atoms with van der Waals surface area (Å²) in [6, 6.07) is 11.8. The second-order valence-corrected chi connectivity index (χ2v) is 5.96. The van der Waals surface area contributed by atoms with Crippen molar-refractivity contribution < 1.29 is 13.0 Å². The molecule has 2 aromatic carbocycles. The van der Waals surface area contributed by atoms with Gasteiger partial charge in [0.2, 0.25) is 0 Å². The zero-order valence-corrected chi connectivity index (χ0v) is 13.6. The molecule has 1 N–H and O–H groups in total. The normalized spacial score (nSPS) is 11.3. The lowest BCUT2D eigenvalue weighted by atomic mass is 10.1. The van der Waals surface area contributed by atoms with Crippen LogP contribution in [0, 0.1) is 0 Å². The Morgan fingerprint density at radius 3 is 1.90 bits per heavy atom. The predicted molar refractivity (Wildman–Crippen MR) is 87.2 cm³/mol. The van der Waals surface area contributed by atoms with Crippen LogP contribution in [0.5, 0.6) is 0 Å². The van der Waals surface area contributed by atoms with Gasteiger partial charge in [0.15, 0.2) is 0 Å². The van der Waals surface area contributed by atoms with Crippen molar-refractivity contribution in [2.75, 3.05) is 19.6 Å². The van der Waals surface area contributed by atoms with Crippen LogP contribution < -0.4 is 0 Å². The molecule has 0 spiro atoms. The maximum atomic E-state index is 11.0. The molecule has 2 rings (SSSR count). The highest BCUT2D eigenvalue weighted by Gasteiger charge is 2.12. The van der Waals surface area contributed by atoms with Gasteiger partial charge in [-0.25, -0.2) is 0 Å². The van der Waals surface area contributed by atoms with E-state index < -0.39 is 10.1 Å². The van der Waals surface area contributed by atoms with Crippen molar-refractivity contribution in [3.05, 3.63) is 42.5 Å². The molecule has 0 aromatic heterocycles. The highest BCUT2D eigenvalue weighted by molar-refractivity contribution is 7.86. The molecule has 0 aliphatic rings. The maximum absolute atomic E-state index is 11.0. The lowest BCUT2D eigenvalue weighted by Crippen LogP contribution is -2.21. The van der Waals surface area contributed by atoms with E-state index in [2.05, 4.69) is 25.7 Å². The summed E-state index contributed by atoms with van der Waals surface area (Å²) in [7, 11) is -4.13. The van der Waals surface area contributed by atoms with Gasteiger partial charge in [-0.1, -0.05) is 57.2 Å². The molecule has 4 nitrogen and oxygen atoms in total. The number of rotatable bonds is 4. The highest BCUT2D eigenvalue weighted by Crippen LogP contribution is 2.21. The third-order valence-electron chi connectivity index (χ3n) is 3.37. The third-order valence-corrected chi connectivity index (χ3v) is 4.28. The monoisotopic (exact) mass is 309 g/mol. The Hall–Kier alpha value is -1.43. The lowest BCUT2D eigenvalue weighted by molar-refractivity contribution is 0.321. The van der Waals surface area contributed by atoms with Gasteiger partial charge in [-0.05, 0) is 31.1 Å². The van der Waals surface area contributed by atoms with Gasteiger partial charge in [-0.2, -0.15) is 8.42 Å². The van der Waals surface area contributed by atoms with E-state index in [1.807, 2.05) is 6.07 Å². The Kier molecular flexibility index (Phi) is 6.81. The van der Waals surface area contributed by atoms with Crippen molar-refractivity contribution in [1.29, 1.82) is 0 Å². The van der Waals surface area contributed by atoms with Crippen LogP contribution in [-0.4, -0.2) is 37.5 Å². The first kappa shape index (κ1) is 17.6. The Morgan fingerprint density at radius 1 is 0.905 bits per heavy atom. The molecule has 5 heteroatoms. The van der Waals surface area contributed by atoms with Crippen molar-refractivity contribution in [3.63, 3.8) is 0 Å². The van der Waals surface area contributed by atoms with Gasteiger partial charge in [0.05, 0.1) is 0 Å². The molecule has 0 atom stereocenters. The van der Waals surface area contributed by atoms with Gasteiger partial charge in [-0.3, -0.25) is 4.55 Å². The molecule has 0 saturated heterocycles. The minimum Gasteiger partial charge on any atom is -0.304 e. The van der Waals surface area contributed by atoms with Crippen molar-refractivity contribution in [2.45, 2.75) is 25.7 Å². The standard InChI is InChI=1S/C10H8O3S.C6H15N/c11-14(12,13)10-7-3-5-8-4-1-2-6-9(8)10;1-4-7(5-2)6-3/h1-7H,(H,11,12,13);4-6H2,1-3H3. The van der Waals surface area contributed by atoms with Gasteiger partial charge in [0.1, 0.15) is 4.90 Å². The minimum atomic E-state index is -4.13. The van der Waals surface area contributed by atoms with E-state index in [9.17, 15) is 8.42 Å². The van der Waals surface area contributed by atoms with E-state index in [4.69, 9.17) is 4.55 Å². The Morgan fingerprint density at radius 2 is 1.43 bits per heavy atom. The van der Waals surface area contributed by atoms with E-state index in [0.717, 1.165) is 5.39 Å². The summed E-state index contributed by atoms with van der Waals surface area (Å²) in [5, 5.41) is 1.33. The number of benzene rings is 2. The fraction of sp³-hybridized carbons (Fsp3) is 0.375. The van der Waals surface area contributed by atoms with Crippen LogP contribution >= 0.6 is 0 Å². The van der Waals surface area contributed by atoms with Crippen molar-refractivity contribution in [1.82, 2.24) is 4.90 Å². The zero-order valence-electron chi connectivity index (χ0n) is 12.8. The molecule has 2 aromatic rings. The number of nitrogens with zero attached hydrogens (tertiary/aromatic N) is 1. The first-order valence-electron chi connectivity index (χ1n) is 7.11. The van der Waals surface area contributed by atoms with E-state index in [0.29, 0.717) is 5.39 Å². The average Bonchev–Trinajstić information content (AvgIpc) is 2.48. The van der Waals surface area contributed by atoms with E-state index >= 15 is 0 Å². The lowest BCUT2D eigenvalue weighted by Gasteiger charge is -2.13. The second kappa shape index (κ2) is 8.12. The first-order chi connectivity index (χ1) is 9.93. The summed E-state index contributed by atoms with van der Waals surface area (Å²) >= 11 is 0. The molecule has 0 unspecified atom stereocenters. The third kappa shape index (κ3) is 5.12. The van der Waals surface area contributed by atoms with Crippen LogP contribution in [0.4, 0.5) is 0 Å². The summed E-state index contributed by atoms with van der Waals surface area (Å²) < 4.78 is 31.0. The van der Waals surface area contributed by atoms with Crippen molar-refractivity contribution >= 4 is 20.9 Å². The summed E-state index contributed by atoms with van der Waals surface area (Å²) in [5.74, 6) is 0. The van der Waals surface area contributed by atoms with Gasteiger partial charge < -0.3 is 4.90 Å². The summed E-state index contributed by atoms with van der Waals surface area (Å²) in [6.07, 6.45) is 0. The SMILES string of the molecule is CCN(CC)CC.O=S(=O)(O)c1cccc2ccccc12. The van der Waals surface area contributed by atoms with Gasteiger partial charge in [0, 0.05) is 5.39 Å². The summed E-state index contributed by atoms with van der Waals surface area (Å²) in [5.41, 5.74) is 0. The van der Waals surface area contributed by atoms with Gasteiger partial charge >= 0.3 is 0 Å². The molecule has 0 aliphatic carbocycles. The Balaban J connectivity index is 0.000000270. The molecule has 0 heterocycles. The molecule has 116 valence electrons. The van der Waals surface area contributed by atoms with Crippen LogP contribution in [0.2, 0.25) is 0 Å². The highest BCUT2D eigenvalue weighted by atomic mass is 32.2. The maximum Gasteiger partial charge on any atom is 0.295 e. The van der Waals surface area contributed by atoms with Crippen molar-refractivity contribution in [3.8, 4) is 0 Å². The molecule has 0 bridgehead atoms. The van der Waals surface area contributed by atoms with Crippen LogP contribution in [0.15, 0.2) is 47.4 Å². The largest absolute Gasteiger partial charge is 0.304 e. The van der Waals surface area contributed by atoms with Gasteiger partial charge in [0.25, 0.3) is 10.1 Å². The molecule has 0 saturated carbocycles. The van der Waals surface area contributed by atoms with Gasteiger partial charge in [-0.15, -0.1) is 0 Å². The molecule has 0 radical (unpaired) electrons. The van der Waals surface area contributed by atoms with Crippen LogP contribution in [-0.2, 0) is 10.1 Å². The fourth-order valence-electron chi connectivity index (χ4n) is 2.09. The zero-order chi connectivity index (χ0) is 15.9. The smallest absolute Gasteiger partial charge is 0.295 e. The van der Waals surface area contributed by atoms with E-state index in [1.54, 1.807) is 30.3 Å². The molecular weight excluding hydrogens is 286 g/mol. The molecule has 0 aliphatic heterocycles. The topological polar surface area (TPSA) is 57.6 Å². The van der Waals surface area contributed by atoms with Crippen LogP contribution in [0.1, 0.15) is 20.8 Å². The summed E-state index contributed by atoms with van der Waals surface area (Å²) in [6.45, 7) is 10.1. The minimum absolute atomic E-state index is 0.0457. The quantitative estimate of drug-likeness (QED) is 0.879. The summed E-state index contributed by atoms with van der Waals surface area (Å²) in [4.78, 5) is 2.33. The molecule has 0 fully saturated rings. The predicted octanol–water partition coefficient (Wildman–Crippen LogP) is 3.43. The Labute approximate surface area is 127 Å².